The second-order valence-electron chi connectivity index (χ2n) is 3.73. The van der Waals surface area contributed by atoms with E-state index in [0.29, 0.717) is 31.0 Å². The minimum atomic E-state index is -0.351. The van der Waals surface area contributed by atoms with Gasteiger partial charge in [0.2, 0.25) is 5.91 Å². The Balaban J connectivity index is 2.05. The maximum atomic E-state index is 11.9. The maximum Gasteiger partial charge on any atom is 0.243 e. The molecule has 5 heteroatoms. The normalized spacial score (nSPS) is 19.4. The highest BCUT2D eigenvalue weighted by Crippen LogP contribution is 2.13. The van der Waals surface area contributed by atoms with Crippen LogP contribution in [0.5, 0.6) is 0 Å². The molecule has 0 saturated carbocycles. The van der Waals surface area contributed by atoms with Crippen molar-refractivity contribution < 1.29 is 9.53 Å². The van der Waals surface area contributed by atoms with Crippen molar-refractivity contribution >= 4 is 11.6 Å². The van der Waals surface area contributed by atoms with Crippen molar-refractivity contribution in [3.8, 4) is 6.07 Å². The number of rotatable bonds is 2. The molecule has 0 spiro atoms. The third-order valence-electron chi connectivity index (χ3n) is 2.54. The van der Waals surface area contributed by atoms with Crippen molar-refractivity contribution in [3.05, 3.63) is 29.8 Å². The zero-order valence-corrected chi connectivity index (χ0v) is 9.27. The zero-order chi connectivity index (χ0) is 12.1. The summed E-state index contributed by atoms with van der Waals surface area (Å²) in [6, 6.07) is 8.60. The van der Waals surface area contributed by atoms with Crippen LogP contribution in [0.25, 0.3) is 0 Å². The Kier molecular flexibility index (Phi) is 3.70. The number of para-hydroxylation sites is 1. The van der Waals surface area contributed by atoms with Crippen molar-refractivity contribution in [1.29, 1.82) is 5.26 Å². The lowest BCUT2D eigenvalue weighted by Gasteiger charge is -2.23. The van der Waals surface area contributed by atoms with E-state index < -0.39 is 0 Å². The fourth-order valence-corrected chi connectivity index (χ4v) is 1.64. The number of carbonyl (C=O) groups is 1. The first-order valence-electron chi connectivity index (χ1n) is 5.42. The number of amides is 1. The van der Waals surface area contributed by atoms with E-state index >= 15 is 0 Å². The summed E-state index contributed by atoms with van der Waals surface area (Å²) in [6.07, 6.45) is 0. The van der Waals surface area contributed by atoms with Crippen LogP contribution in [0, 0.1) is 11.3 Å². The van der Waals surface area contributed by atoms with Gasteiger partial charge in [0.25, 0.3) is 0 Å². The largest absolute Gasteiger partial charge is 0.378 e. The Hall–Kier alpha value is -1.90. The Morgan fingerprint density at radius 2 is 2.35 bits per heavy atom. The molecule has 1 aliphatic rings. The minimum Gasteiger partial charge on any atom is -0.378 e. The molecule has 0 radical (unpaired) electrons. The van der Waals surface area contributed by atoms with E-state index in [4.69, 9.17) is 10.00 Å². The van der Waals surface area contributed by atoms with Crippen LogP contribution in [0.3, 0.4) is 0 Å². The summed E-state index contributed by atoms with van der Waals surface area (Å²) in [5, 5.41) is 14.7. The van der Waals surface area contributed by atoms with Crippen LogP contribution in [0.15, 0.2) is 24.3 Å². The standard InChI is InChI=1S/C12H13N3O2/c13-7-9-3-1-2-4-10(9)15-12(16)11-8-17-6-5-14-11/h1-4,11,14H,5-6,8H2,(H,15,16). The summed E-state index contributed by atoms with van der Waals surface area (Å²) in [7, 11) is 0. The maximum absolute atomic E-state index is 11.9. The van der Waals surface area contributed by atoms with Crippen LogP contribution >= 0.6 is 0 Å². The van der Waals surface area contributed by atoms with Crippen molar-refractivity contribution in [2.24, 2.45) is 0 Å². The van der Waals surface area contributed by atoms with Gasteiger partial charge in [0.1, 0.15) is 12.1 Å². The van der Waals surface area contributed by atoms with Gasteiger partial charge in [0.05, 0.1) is 24.5 Å². The molecular weight excluding hydrogens is 218 g/mol. The number of benzene rings is 1. The molecule has 0 bridgehead atoms. The quantitative estimate of drug-likeness (QED) is 0.776. The van der Waals surface area contributed by atoms with Gasteiger partial charge in [-0.25, -0.2) is 0 Å². The Bertz CT molecular complexity index is 447. The average molecular weight is 231 g/mol. The van der Waals surface area contributed by atoms with E-state index in [0.717, 1.165) is 0 Å². The monoisotopic (exact) mass is 231 g/mol. The third-order valence-corrected chi connectivity index (χ3v) is 2.54. The smallest absolute Gasteiger partial charge is 0.243 e. The van der Waals surface area contributed by atoms with Crippen LogP contribution < -0.4 is 10.6 Å². The summed E-state index contributed by atoms with van der Waals surface area (Å²) in [6.45, 7) is 1.65. The fourth-order valence-electron chi connectivity index (χ4n) is 1.64. The number of ether oxygens (including phenoxy) is 1. The van der Waals surface area contributed by atoms with Gasteiger partial charge in [-0.2, -0.15) is 5.26 Å². The molecule has 1 aliphatic heterocycles. The number of morpholine rings is 1. The Morgan fingerprint density at radius 1 is 1.53 bits per heavy atom. The predicted octanol–water partition coefficient (Wildman–Crippen LogP) is 0.485. The molecule has 1 atom stereocenters. The van der Waals surface area contributed by atoms with Crippen LogP contribution in [-0.4, -0.2) is 31.7 Å². The first-order valence-corrected chi connectivity index (χ1v) is 5.42. The highest BCUT2D eigenvalue weighted by Gasteiger charge is 2.21. The Morgan fingerprint density at radius 3 is 3.06 bits per heavy atom. The van der Waals surface area contributed by atoms with E-state index in [1.807, 2.05) is 6.07 Å². The van der Waals surface area contributed by atoms with Gasteiger partial charge in [-0.15, -0.1) is 0 Å². The second kappa shape index (κ2) is 5.43. The van der Waals surface area contributed by atoms with Gasteiger partial charge in [-0.05, 0) is 12.1 Å². The predicted molar refractivity (Wildman–Crippen MR) is 62.4 cm³/mol. The lowest BCUT2D eigenvalue weighted by atomic mass is 10.2. The number of nitrogens with one attached hydrogen (secondary N) is 2. The van der Waals surface area contributed by atoms with Crippen molar-refractivity contribution in [3.63, 3.8) is 0 Å². The number of hydrogen-bond acceptors (Lipinski definition) is 4. The first kappa shape index (κ1) is 11.6. The molecule has 1 aromatic carbocycles. The van der Waals surface area contributed by atoms with Crippen molar-refractivity contribution in [2.45, 2.75) is 6.04 Å². The van der Waals surface area contributed by atoms with Crippen LogP contribution in [-0.2, 0) is 9.53 Å². The molecule has 1 fully saturated rings. The van der Waals surface area contributed by atoms with Crippen molar-refractivity contribution in [2.75, 3.05) is 25.1 Å². The molecule has 0 aromatic heterocycles. The third kappa shape index (κ3) is 2.81. The highest BCUT2D eigenvalue weighted by atomic mass is 16.5. The lowest BCUT2D eigenvalue weighted by Crippen LogP contribution is -2.48. The van der Waals surface area contributed by atoms with E-state index in [2.05, 4.69) is 10.6 Å². The topological polar surface area (TPSA) is 74.2 Å². The molecule has 5 nitrogen and oxygen atoms in total. The molecule has 1 unspecified atom stereocenters. The van der Waals surface area contributed by atoms with Gasteiger partial charge in [-0.1, -0.05) is 12.1 Å². The molecule has 1 aromatic rings. The van der Waals surface area contributed by atoms with Gasteiger partial charge in [0.15, 0.2) is 0 Å². The molecule has 88 valence electrons. The van der Waals surface area contributed by atoms with Gasteiger partial charge in [0, 0.05) is 6.54 Å². The first-order chi connectivity index (χ1) is 8.31. The Labute approximate surface area is 99.4 Å². The fraction of sp³-hybridized carbons (Fsp3) is 0.333. The number of carbonyl (C=O) groups excluding carboxylic acids is 1. The lowest BCUT2D eigenvalue weighted by molar-refractivity contribution is -0.120. The molecule has 1 amide bonds. The summed E-state index contributed by atoms with van der Waals surface area (Å²) >= 11 is 0. The molecular formula is C12H13N3O2. The number of anilines is 1. The van der Waals surface area contributed by atoms with E-state index in [1.165, 1.54) is 0 Å². The van der Waals surface area contributed by atoms with E-state index in [1.54, 1.807) is 24.3 Å². The minimum absolute atomic E-state index is 0.174. The molecule has 2 rings (SSSR count). The molecule has 17 heavy (non-hydrogen) atoms. The van der Waals surface area contributed by atoms with Crippen molar-refractivity contribution in [1.82, 2.24) is 5.32 Å². The number of hydrogen-bond donors (Lipinski definition) is 2. The molecule has 2 N–H and O–H groups in total. The summed E-state index contributed by atoms with van der Waals surface area (Å²) < 4.78 is 5.21. The summed E-state index contributed by atoms with van der Waals surface area (Å²) in [5.41, 5.74) is 0.991. The molecule has 0 aliphatic carbocycles. The SMILES string of the molecule is N#Cc1ccccc1NC(=O)C1COCCN1. The molecule has 1 saturated heterocycles. The van der Waals surface area contributed by atoms with Crippen LogP contribution in [0.1, 0.15) is 5.56 Å². The number of nitriles is 1. The van der Waals surface area contributed by atoms with E-state index in [9.17, 15) is 4.79 Å². The molecule has 1 heterocycles. The van der Waals surface area contributed by atoms with Crippen LogP contribution in [0.2, 0.25) is 0 Å². The highest BCUT2D eigenvalue weighted by molar-refractivity contribution is 5.96. The van der Waals surface area contributed by atoms with Gasteiger partial charge >= 0.3 is 0 Å². The zero-order valence-electron chi connectivity index (χ0n) is 9.27. The average Bonchev–Trinajstić information content (AvgIpc) is 2.40. The van der Waals surface area contributed by atoms with Gasteiger partial charge in [-0.3, -0.25) is 4.79 Å². The van der Waals surface area contributed by atoms with Gasteiger partial charge < -0.3 is 15.4 Å². The second-order valence-corrected chi connectivity index (χ2v) is 3.73. The van der Waals surface area contributed by atoms with E-state index in [-0.39, 0.29) is 11.9 Å². The summed E-state index contributed by atoms with van der Waals surface area (Å²) in [4.78, 5) is 11.9. The van der Waals surface area contributed by atoms with Crippen LogP contribution in [0.4, 0.5) is 5.69 Å². The summed E-state index contributed by atoms with van der Waals surface area (Å²) in [5.74, 6) is -0.174. The number of nitrogens with zero attached hydrogens (tertiary/aromatic N) is 1.